The monoisotopic (exact) mass is 449 g/mol. The van der Waals surface area contributed by atoms with Crippen molar-refractivity contribution in [2.45, 2.75) is 44.5 Å². The molecule has 3 N–H and O–H groups in total. The highest BCUT2D eigenvalue weighted by atomic mass is 16.5. The standard InChI is InChI=1S/C25H27N3O5/c1-4-14-9-7-10-16-21(14)26-24(32)25(16)19-18(20(27-25)13(2)29)22(30)28(23(19)31)12-15-8-5-6-11-17(15)33-3/h5-11,13,18-20,27,29H,4,12H2,1-3H3,(H,26,32)/t13-,18-,19-,20-,25+/m0/s1. The lowest BCUT2D eigenvalue weighted by molar-refractivity contribution is -0.143. The summed E-state index contributed by atoms with van der Waals surface area (Å²) in [5, 5.41) is 16.7. The Bertz CT molecular complexity index is 1160. The number of aryl methyl sites for hydroxylation is 1. The molecule has 8 nitrogen and oxygen atoms in total. The number of methoxy groups -OCH3 is 1. The van der Waals surface area contributed by atoms with Crippen molar-refractivity contribution in [3.8, 4) is 5.75 Å². The van der Waals surface area contributed by atoms with Gasteiger partial charge in [-0.1, -0.05) is 43.3 Å². The predicted octanol–water partition coefficient (Wildman–Crippen LogP) is 1.56. The average molecular weight is 450 g/mol. The van der Waals surface area contributed by atoms with Crippen molar-refractivity contribution < 1.29 is 24.2 Å². The van der Waals surface area contributed by atoms with Gasteiger partial charge >= 0.3 is 0 Å². The molecule has 33 heavy (non-hydrogen) atoms. The smallest absolute Gasteiger partial charge is 0.250 e. The van der Waals surface area contributed by atoms with Crippen LogP contribution in [0.5, 0.6) is 5.75 Å². The minimum Gasteiger partial charge on any atom is -0.496 e. The Morgan fingerprint density at radius 3 is 2.52 bits per heavy atom. The quantitative estimate of drug-likeness (QED) is 0.598. The number of fused-ring (bicyclic) bond motifs is 4. The number of amides is 3. The number of aliphatic hydroxyl groups excluding tert-OH is 1. The number of anilines is 1. The van der Waals surface area contributed by atoms with Gasteiger partial charge in [0.25, 0.3) is 0 Å². The van der Waals surface area contributed by atoms with Gasteiger partial charge in [0.15, 0.2) is 0 Å². The van der Waals surface area contributed by atoms with Crippen molar-refractivity contribution >= 4 is 23.4 Å². The number of carbonyl (C=O) groups excluding carboxylic acids is 3. The van der Waals surface area contributed by atoms with Gasteiger partial charge in [-0.15, -0.1) is 0 Å². The SMILES string of the molecule is CCc1cccc2c1NC(=O)[C@@]21N[C@@H]([C@H](C)O)[C@H]2C(=O)N(Cc3ccccc3OC)C(=O)[C@H]21. The molecule has 1 spiro atoms. The van der Waals surface area contributed by atoms with E-state index in [1.807, 2.05) is 37.3 Å². The van der Waals surface area contributed by atoms with E-state index >= 15 is 0 Å². The summed E-state index contributed by atoms with van der Waals surface area (Å²) in [7, 11) is 1.54. The normalized spacial score (nSPS) is 28.8. The third-order valence-electron chi connectivity index (χ3n) is 7.28. The number of benzene rings is 2. The molecule has 5 rings (SSSR count). The van der Waals surface area contributed by atoms with Gasteiger partial charge in [0.1, 0.15) is 11.3 Å². The van der Waals surface area contributed by atoms with Gasteiger partial charge in [-0.25, -0.2) is 0 Å². The summed E-state index contributed by atoms with van der Waals surface area (Å²) in [6.07, 6.45) is -0.230. The van der Waals surface area contributed by atoms with Crippen LogP contribution in [0.3, 0.4) is 0 Å². The molecule has 8 heteroatoms. The lowest BCUT2D eigenvalue weighted by atomic mass is 9.76. The summed E-state index contributed by atoms with van der Waals surface area (Å²) in [6.45, 7) is 3.61. The molecule has 0 bridgehead atoms. The Morgan fingerprint density at radius 2 is 1.82 bits per heavy atom. The first-order valence-electron chi connectivity index (χ1n) is 11.2. The molecule has 2 aromatic rings. The van der Waals surface area contributed by atoms with Crippen LogP contribution in [0.15, 0.2) is 42.5 Å². The van der Waals surface area contributed by atoms with E-state index in [0.29, 0.717) is 29.0 Å². The topological polar surface area (TPSA) is 108 Å². The highest BCUT2D eigenvalue weighted by Gasteiger charge is 2.71. The molecule has 3 heterocycles. The van der Waals surface area contributed by atoms with Crippen molar-refractivity contribution in [1.29, 1.82) is 0 Å². The number of nitrogens with zero attached hydrogens (tertiary/aromatic N) is 1. The van der Waals surface area contributed by atoms with Crippen molar-refractivity contribution in [2.24, 2.45) is 11.8 Å². The molecule has 2 aromatic carbocycles. The summed E-state index contributed by atoms with van der Waals surface area (Å²) < 4.78 is 5.40. The average Bonchev–Trinajstić information content (AvgIpc) is 3.40. The number of likely N-dealkylation sites (tertiary alicyclic amines) is 1. The second-order valence-corrected chi connectivity index (χ2v) is 8.94. The first-order valence-corrected chi connectivity index (χ1v) is 11.2. The molecule has 0 aliphatic carbocycles. The molecule has 172 valence electrons. The minimum absolute atomic E-state index is 0.0424. The van der Waals surface area contributed by atoms with Crippen LogP contribution in [0.1, 0.15) is 30.5 Å². The number of imide groups is 1. The maximum absolute atomic E-state index is 13.8. The Morgan fingerprint density at radius 1 is 1.09 bits per heavy atom. The predicted molar refractivity (Wildman–Crippen MR) is 120 cm³/mol. The molecule has 0 aromatic heterocycles. The molecule has 0 unspecified atom stereocenters. The van der Waals surface area contributed by atoms with Crippen molar-refractivity contribution in [3.63, 3.8) is 0 Å². The third-order valence-corrected chi connectivity index (χ3v) is 7.28. The largest absolute Gasteiger partial charge is 0.496 e. The number of para-hydroxylation sites is 2. The first-order chi connectivity index (χ1) is 15.8. The fourth-order valence-electron chi connectivity index (χ4n) is 5.75. The van der Waals surface area contributed by atoms with E-state index in [-0.39, 0.29) is 18.4 Å². The number of aliphatic hydroxyl groups is 1. The van der Waals surface area contributed by atoms with Gasteiger partial charge in [-0.05, 0) is 25.0 Å². The van der Waals surface area contributed by atoms with E-state index in [0.717, 1.165) is 5.56 Å². The molecule has 0 radical (unpaired) electrons. The van der Waals surface area contributed by atoms with E-state index < -0.39 is 35.4 Å². The number of hydrogen-bond acceptors (Lipinski definition) is 6. The van der Waals surface area contributed by atoms with E-state index in [1.54, 1.807) is 19.1 Å². The van der Waals surface area contributed by atoms with Crippen LogP contribution >= 0.6 is 0 Å². The Hall–Kier alpha value is -3.23. The third kappa shape index (κ3) is 2.87. The summed E-state index contributed by atoms with van der Waals surface area (Å²) >= 11 is 0. The molecular weight excluding hydrogens is 422 g/mol. The van der Waals surface area contributed by atoms with E-state index in [2.05, 4.69) is 10.6 Å². The maximum Gasteiger partial charge on any atom is 0.250 e. The Labute approximate surface area is 191 Å². The Balaban J connectivity index is 1.62. The van der Waals surface area contributed by atoms with Crippen LogP contribution in [0.25, 0.3) is 0 Å². The fourth-order valence-corrected chi connectivity index (χ4v) is 5.75. The zero-order valence-corrected chi connectivity index (χ0v) is 18.8. The van der Waals surface area contributed by atoms with Gasteiger partial charge in [-0.3, -0.25) is 24.6 Å². The molecular formula is C25H27N3O5. The lowest BCUT2D eigenvalue weighted by Gasteiger charge is -2.30. The molecule has 2 saturated heterocycles. The molecule has 3 aliphatic heterocycles. The Kier molecular flexibility index (Phi) is 5.02. The van der Waals surface area contributed by atoms with Crippen LogP contribution in [-0.2, 0) is 32.9 Å². The van der Waals surface area contributed by atoms with Crippen molar-refractivity contribution in [2.75, 3.05) is 12.4 Å². The molecule has 5 atom stereocenters. The number of carbonyl (C=O) groups is 3. The second-order valence-electron chi connectivity index (χ2n) is 8.94. The summed E-state index contributed by atoms with van der Waals surface area (Å²) in [6, 6.07) is 12.1. The molecule has 2 fully saturated rings. The minimum atomic E-state index is -1.41. The summed E-state index contributed by atoms with van der Waals surface area (Å²) in [5.41, 5.74) is 1.59. The van der Waals surface area contributed by atoms with Crippen LogP contribution in [0, 0.1) is 11.8 Å². The van der Waals surface area contributed by atoms with Gasteiger partial charge in [0.05, 0.1) is 31.6 Å². The first kappa shape index (κ1) is 21.6. The number of nitrogens with one attached hydrogen (secondary N) is 2. The van der Waals surface area contributed by atoms with E-state index in [9.17, 15) is 19.5 Å². The van der Waals surface area contributed by atoms with Crippen LogP contribution in [-0.4, -0.2) is 47.0 Å². The van der Waals surface area contributed by atoms with Gasteiger partial charge in [0.2, 0.25) is 17.7 Å². The lowest BCUT2D eigenvalue weighted by Crippen LogP contribution is -2.54. The highest BCUT2D eigenvalue weighted by molar-refractivity contribution is 6.15. The van der Waals surface area contributed by atoms with Crippen molar-refractivity contribution in [1.82, 2.24) is 10.2 Å². The van der Waals surface area contributed by atoms with E-state index in [1.165, 1.54) is 12.0 Å². The van der Waals surface area contributed by atoms with Gasteiger partial charge in [-0.2, -0.15) is 0 Å². The van der Waals surface area contributed by atoms with Crippen LogP contribution in [0.4, 0.5) is 5.69 Å². The zero-order chi connectivity index (χ0) is 23.5. The molecule has 0 saturated carbocycles. The maximum atomic E-state index is 13.8. The second kappa shape index (κ2) is 7.67. The van der Waals surface area contributed by atoms with Crippen molar-refractivity contribution in [3.05, 3.63) is 59.2 Å². The van der Waals surface area contributed by atoms with Gasteiger partial charge < -0.3 is 15.2 Å². The van der Waals surface area contributed by atoms with Gasteiger partial charge in [0, 0.05) is 22.9 Å². The fraction of sp³-hybridized carbons (Fsp3) is 0.400. The highest BCUT2D eigenvalue weighted by Crippen LogP contribution is 2.54. The van der Waals surface area contributed by atoms with Crippen LogP contribution < -0.4 is 15.4 Å². The van der Waals surface area contributed by atoms with Crippen LogP contribution in [0.2, 0.25) is 0 Å². The number of ether oxygens (including phenoxy) is 1. The van der Waals surface area contributed by atoms with E-state index in [4.69, 9.17) is 4.74 Å². The number of hydrogen-bond donors (Lipinski definition) is 3. The zero-order valence-electron chi connectivity index (χ0n) is 18.8. The molecule has 3 aliphatic rings. The summed E-state index contributed by atoms with van der Waals surface area (Å²) in [4.78, 5) is 42.1. The number of rotatable bonds is 5. The summed E-state index contributed by atoms with van der Waals surface area (Å²) in [5.74, 6) is -2.40. The molecule has 3 amide bonds.